The lowest BCUT2D eigenvalue weighted by Crippen LogP contribution is -2.12. The minimum absolute atomic E-state index is 0.173. The molecule has 0 bridgehead atoms. The highest BCUT2D eigenvalue weighted by atomic mass is 79.9. The van der Waals surface area contributed by atoms with Crippen molar-refractivity contribution in [2.45, 2.75) is 6.61 Å². The number of carbonyl (C=O) groups excluding carboxylic acids is 1. The third kappa shape index (κ3) is 3.56. The summed E-state index contributed by atoms with van der Waals surface area (Å²) in [5.41, 5.74) is 1.79. The predicted molar refractivity (Wildman–Crippen MR) is 115 cm³/mol. The average Bonchev–Trinajstić information content (AvgIpc) is 3.19. The molecule has 1 amide bonds. The maximum Gasteiger partial charge on any atom is 0.256 e. The first kappa shape index (κ1) is 18.7. The highest BCUT2D eigenvalue weighted by molar-refractivity contribution is 9.10. The zero-order valence-corrected chi connectivity index (χ0v) is 16.9. The van der Waals surface area contributed by atoms with Gasteiger partial charge in [0.05, 0.1) is 10.7 Å². The molecule has 28 heavy (non-hydrogen) atoms. The third-order valence-electron chi connectivity index (χ3n) is 4.43. The molecule has 140 valence electrons. The molecular formula is C22H15BrClNO3. The first-order chi connectivity index (χ1) is 13.6. The summed E-state index contributed by atoms with van der Waals surface area (Å²) in [5.74, 6) is 0.806. The molecule has 0 saturated carbocycles. The largest absolute Gasteiger partial charge is 0.459 e. The molecule has 1 heterocycles. The van der Waals surface area contributed by atoms with Crippen LogP contribution in [0.25, 0.3) is 22.1 Å². The van der Waals surface area contributed by atoms with E-state index in [4.69, 9.17) is 16.0 Å². The minimum atomic E-state index is -0.252. The van der Waals surface area contributed by atoms with Gasteiger partial charge in [-0.05, 0) is 53.2 Å². The summed E-state index contributed by atoms with van der Waals surface area (Å²) >= 11 is 9.82. The van der Waals surface area contributed by atoms with Crippen molar-refractivity contribution in [1.82, 2.24) is 0 Å². The number of hydrogen-bond acceptors (Lipinski definition) is 3. The monoisotopic (exact) mass is 455 g/mol. The second kappa shape index (κ2) is 7.80. The van der Waals surface area contributed by atoms with Gasteiger partial charge in [-0.1, -0.05) is 51.8 Å². The van der Waals surface area contributed by atoms with Crippen LogP contribution in [0.5, 0.6) is 0 Å². The fourth-order valence-electron chi connectivity index (χ4n) is 3.05. The number of amides is 1. The predicted octanol–water partition coefficient (Wildman–Crippen LogP) is 6.26. The zero-order chi connectivity index (χ0) is 19.7. The average molecular weight is 457 g/mol. The van der Waals surface area contributed by atoms with E-state index in [9.17, 15) is 9.90 Å². The van der Waals surface area contributed by atoms with Crippen molar-refractivity contribution in [2.24, 2.45) is 0 Å². The number of benzene rings is 3. The van der Waals surface area contributed by atoms with E-state index < -0.39 is 0 Å². The van der Waals surface area contributed by atoms with Crippen molar-refractivity contribution in [3.05, 3.63) is 87.5 Å². The number of rotatable bonds is 4. The first-order valence-corrected chi connectivity index (χ1v) is 9.72. The van der Waals surface area contributed by atoms with Gasteiger partial charge < -0.3 is 14.8 Å². The van der Waals surface area contributed by atoms with Crippen LogP contribution in [-0.2, 0) is 6.61 Å². The molecular weight excluding hydrogens is 442 g/mol. The van der Waals surface area contributed by atoms with Gasteiger partial charge in [0, 0.05) is 15.6 Å². The summed E-state index contributed by atoms with van der Waals surface area (Å²) in [5, 5.41) is 14.3. The lowest BCUT2D eigenvalue weighted by molar-refractivity contribution is 0.102. The molecule has 0 aliphatic carbocycles. The number of carbonyl (C=O) groups is 1. The van der Waals surface area contributed by atoms with Crippen LogP contribution in [0.15, 0.2) is 75.6 Å². The standard InChI is InChI=1S/C22H15BrClNO3/c23-18-6-2-3-15-16(18)4-1-5-17(15)22(27)25-20-11-13(7-9-19(20)24)21-10-8-14(12-26)28-21/h1-11,26H,12H2,(H,25,27). The number of aliphatic hydroxyl groups excluding tert-OH is 1. The Labute approximate surface area is 174 Å². The maximum absolute atomic E-state index is 12.9. The Morgan fingerprint density at radius 1 is 1.04 bits per heavy atom. The van der Waals surface area contributed by atoms with Gasteiger partial charge in [0.2, 0.25) is 0 Å². The van der Waals surface area contributed by atoms with Gasteiger partial charge >= 0.3 is 0 Å². The zero-order valence-electron chi connectivity index (χ0n) is 14.6. The van der Waals surface area contributed by atoms with Gasteiger partial charge in [-0.15, -0.1) is 0 Å². The summed E-state index contributed by atoms with van der Waals surface area (Å²) in [6.07, 6.45) is 0. The Kier molecular flexibility index (Phi) is 5.22. The van der Waals surface area contributed by atoms with Crippen LogP contribution in [0.3, 0.4) is 0 Å². The van der Waals surface area contributed by atoms with E-state index in [0.717, 1.165) is 20.8 Å². The maximum atomic E-state index is 12.9. The van der Waals surface area contributed by atoms with Crippen LogP contribution in [0.2, 0.25) is 5.02 Å². The number of furan rings is 1. The van der Waals surface area contributed by atoms with E-state index >= 15 is 0 Å². The van der Waals surface area contributed by atoms with E-state index in [1.54, 1.807) is 36.4 Å². The molecule has 0 spiro atoms. The van der Waals surface area contributed by atoms with E-state index in [0.29, 0.717) is 27.8 Å². The van der Waals surface area contributed by atoms with Gasteiger partial charge in [-0.3, -0.25) is 4.79 Å². The van der Waals surface area contributed by atoms with Crippen LogP contribution < -0.4 is 5.32 Å². The number of nitrogens with one attached hydrogen (secondary N) is 1. The van der Waals surface area contributed by atoms with E-state index in [1.165, 1.54) is 0 Å². The first-order valence-electron chi connectivity index (χ1n) is 8.55. The Hall–Kier alpha value is -2.60. The van der Waals surface area contributed by atoms with E-state index in [2.05, 4.69) is 21.2 Å². The molecule has 2 N–H and O–H groups in total. The molecule has 4 nitrogen and oxygen atoms in total. The van der Waals surface area contributed by atoms with Crippen LogP contribution in [0.1, 0.15) is 16.1 Å². The van der Waals surface area contributed by atoms with Gasteiger partial charge in [-0.25, -0.2) is 0 Å². The lowest BCUT2D eigenvalue weighted by Gasteiger charge is -2.11. The van der Waals surface area contributed by atoms with Crippen molar-refractivity contribution in [2.75, 3.05) is 5.32 Å². The Bertz CT molecular complexity index is 1190. The quantitative estimate of drug-likeness (QED) is 0.381. The molecule has 6 heteroatoms. The summed E-state index contributed by atoms with van der Waals surface area (Å²) in [7, 11) is 0. The molecule has 0 atom stereocenters. The Morgan fingerprint density at radius 2 is 1.82 bits per heavy atom. The molecule has 0 unspecified atom stereocenters. The van der Waals surface area contributed by atoms with Gasteiger partial charge in [0.1, 0.15) is 18.1 Å². The van der Waals surface area contributed by atoms with Gasteiger partial charge in [-0.2, -0.15) is 0 Å². The van der Waals surface area contributed by atoms with Crippen LogP contribution >= 0.6 is 27.5 Å². The van der Waals surface area contributed by atoms with Crippen molar-refractivity contribution < 1.29 is 14.3 Å². The van der Waals surface area contributed by atoms with Crippen LogP contribution in [-0.4, -0.2) is 11.0 Å². The fourth-order valence-corrected chi connectivity index (χ4v) is 3.71. The van der Waals surface area contributed by atoms with Crippen molar-refractivity contribution in [1.29, 1.82) is 0 Å². The Morgan fingerprint density at radius 3 is 2.61 bits per heavy atom. The van der Waals surface area contributed by atoms with Crippen molar-refractivity contribution in [3.8, 4) is 11.3 Å². The number of anilines is 1. The summed E-state index contributed by atoms with van der Waals surface area (Å²) in [6.45, 7) is -0.173. The molecule has 0 aliphatic heterocycles. The topological polar surface area (TPSA) is 62.5 Å². The molecule has 1 aromatic heterocycles. The lowest BCUT2D eigenvalue weighted by atomic mass is 10.0. The molecule has 0 aliphatic rings. The van der Waals surface area contributed by atoms with Gasteiger partial charge in [0.25, 0.3) is 5.91 Å². The number of fused-ring (bicyclic) bond motifs is 1. The highest BCUT2D eigenvalue weighted by Gasteiger charge is 2.14. The summed E-state index contributed by atoms with van der Waals surface area (Å²) in [4.78, 5) is 12.9. The number of halogens is 2. The molecule has 4 rings (SSSR count). The number of aliphatic hydroxyl groups is 1. The Balaban J connectivity index is 1.68. The summed E-state index contributed by atoms with van der Waals surface area (Å²) < 4.78 is 6.49. The minimum Gasteiger partial charge on any atom is -0.459 e. The molecule has 0 radical (unpaired) electrons. The second-order valence-corrected chi connectivity index (χ2v) is 7.47. The normalized spacial score (nSPS) is 11.0. The van der Waals surface area contributed by atoms with E-state index in [-0.39, 0.29) is 12.5 Å². The van der Waals surface area contributed by atoms with Gasteiger partial charge in [0.15, 0.2) is 0 Å². The number of hydrogen-bond donors (Lipinski definition) is 2. The SMILES string of the molecule is O=C(Nc1cc(-c2ccc(CO)o2)ccc1Cl)c1cccc2c(Br)cccc12. The summed E-state index contributed by atoms with van der Waals surface area (Å²) in [6, 6.07) is 20.0. The fraction of sp³-hybridized carbons (Fsp3) is 0.0455. The van der Waals surface area contributed by atoms with Crippen molar-refractivity contribution >= 4 is 49.9 Å². The van der Waals surface area contributed by atoms with Crippen LogP contribution in [0, 0.1) is 0 Å². The van der Waals surface area contributed by atoms with E-state index in [1.807, 2.05) is 30.3 Å². The van der Waals surface area contributed by atoms with Crippen LogP contribution in [0.4, 0.5) is 5.69 Å². The smallest absolute Gasteiger partial charge is 0.256 e. The second-order valence-electron chi connectivity index (χ2n) is 6.21. The molecule has 3 aromatic carbocycles. The molecule has 4 aromatic rings. The van der Waals surface area contributed by atoms with Crippen molar-refractivity contribution in [3.63, 3.8) is 0 Å². The molecule has 0 fully saturated rings. The highest BCUT2D eigenvalue weighted by Crippen LogP contribution is 2.31. The molecule has 0 saturated heterocycles. The third-order valence-corrected chi connectivity index (χ3v) is 5.45.